The van der Waals surface area contributed by atoms with Crippen LogP contribution < -0.4 is 4.74 Å². The first-order chi connectivity index (χ1) is 9.56. The third kappa shape index (κ3) is 3.50. The van der Waals surface area contributed by atoms with Gasteiger partial charge in [0.05, 0.1) is 25.4 Å². The molecule has 0 radical (unpaired) electrons. The monoisotopic (exact) mass is 280 g/mol. The van der Waals surface area contributed by atoms with Crippen molar-refractivity contribution in [1.82, 2.24) is 0 Å². The first-order valence-electron chi connectivity index (χ1n) is 6.67. The van der Waals surface area contributed by atoms with Gasteiger partial charge in [0.25, 0.3) is 0 Å². The number of carbonyl (C=O) groups excluding carboxylic acids is 2. The highest BCUT2D eigenvalue weighted by molar-refractivity contribution is 5.97. The van der Waals surface area contributed by atoms with Crippen molar-refractivity contribution in [2.45, 2.75) is 27.7 Å². The summed E-state index contributed by atoms with van der Waals surface area (Å²) in [5.41, 5.74) is 1.29. The zero-order valence-corrected chi connectivity index (χ0v) is 12.3. The lowest BCUT2D eigenvalue weighted by Crippen LogP contribution is -2.13. The van der Waals surface area contributed by atoms with Crippen LogP contribution in [0.5, 0.6) is 5.75 Å². The molecule has 5 nitrogen and oxygen atoms in total. The molecule has 0 aliphatic rings. The predicted octanol–water partition coefficient (Wildman–Crippen LogP) is 2.75. The second kappa shape index (κ2) is 7.53. The van der Waals surface area contributed by atoms with Gasteiger partial charge in [-0.3, -0.25) is 0 Å². The molecule has 1 rings (SSSR count). The number of hydrogen-bond acceptors (Lipinski definition) is 5. The minimum atomic E-state index is -0.463. The van der Waals surface area contributed by atoms with E-state index in [1.54, 1.807) is 26.8 Å². The van der Waals surface area contributed by atoms with Crippen LogP contribution in [0.4, 0.5) is 0 Å². The average Bonchev–Trinajstić information content (AvgIpc) is 2.41. The Morgan fingerprint density at radius 1 is 0.900 bits per heavy atom. The van der Waals surface area contributed by atoms with Gasteiger partial charge >= 0.3 is 11.9 Å². The second-order valence-corrected chi connectivity index (χ2v) is 3.99. The van der Waals surface area contributed by atoms with Gasteiger partial charge in [0.1, 0.15) is 11.3 Å². The molecule has 0 N–H and O–H groups in total. The fourth-order valence-corrected chi connectivity index (χ4v) is 1.82. The Morgan fingerprint density at radius 2 is 1.40 bits per heavy atom. The van der Waals surface area contributed by atoms with E-state index in [-0.39, 0.29) is 6.61 Å². The van der Waals surface area contributed by atoms with E-state index in [0.29, 0.717) is 35.7 Å². The van der Waals surface area contributed by atoms with Gasteiger partial charge in [0, 0.05) is 5.56 Å². The normalized spacial score (nSPS) is 10.0. The molecule has 0 fully saturated rings. The molecule has 0 atom stereocenters. The Hall–Kier alpha value is -2.04. The number of hydrogen-bond donors (Lipinski definition) is 0. The first kappa shape index (κ1) is 16.0. The molecular weight excluding hydrogens is 260 g/mol. The molecule has 0 bridgehead atoms. The molecule has 0 aliphatic heterocycles. The van der Waals surface area contributed by atoms with E-state index in [9.17, 15) is 9.59 Å². The summed E-state index contributed by atoms with van der Waals surface area (Å²) in [5, 5.41) is 0. The molecule has 110 valence electrons. The van der Waals surface area contributed by atoms with E-state index in [1.807, 2.05) is 6.92 Å². The van der Waals surface area contributed by atoms with Crippen LogP contribution in [-0.4, -0.2) is 31.8 Å². The zero-order chi connectivity index (χ0) is 15.1. The van der Waals surface area contributed by atoms with Crippen molar-refractivity contribution in [2.24, 2.45) is 0 Å². The predicted molar refractivity (Wildman–Crippen MR) is 74.3 cm³/mol. The van der Waals surface area contributed by atoms with Gasteiger partial charge in [-0.2, -0.15) is 0 Å². The van der Waals surface area contributed by atoms with E-state index in [4.69, 9.17) is 14.2 Å². The van der Waals surface area contributed by atoms with Crippen molar-refractivity contribution < 1.29 is 23.8 Å². The summed E-state index contributed by atoms with van der Waals surface area (Å²) in [6.45, 7) is 7.97. The summed E-state index contributed by atoms with van der Waals surface area (Å²) < 4.78 is 15.5. The van der Waals surface area contributed by atoms with Gasteiger partial charge in [-0.1, -0.05) is 0 Å². The molecule has 0 spiro atoms. The quantitative estimate of drug-likeness (QED) is 0.750. The average molecular weight is 280 g/mol. The van der Waals surface area contributed by atoms with E-state index in [2.05, 4.69) is 0 Å². The van der Waals surface area contributed by atoms with Crippen molar-refractivity contribution in [2.75, 3.05) is 19.8 Å². The maximum atomic E-state index is 11.9. The smallest absolute Gasteiger partial charge is 0.341 e. The number of ether oxygens (including phenoxy) is 3. The van der Waals surface area contributed by atoms with Crippen LogP contribution in [0.25, 0.3) is 0 Å². The van der Waals surface area contributed by atoms with Crippen molar-refractivity contribution >= 4 is 11.9 Å². The Bertz CT molecular complexity index is 493. The van der Waals surface area contributed by atoms with Crippen LogP contribution in [0, 0.1) is 6.92 Å². The molecule has 0 aromatic heterocycles. The minimum absolute atomic E-state index is 0.281. The van der Waals surface area contributed by atoms with Gasteiger partial charge in [-0.15, -0.1) is 0 Å². The lowest BCUT2D eigenvalue weighted by molar-refractivity contribution is 0.0506. The molecule has 0 saturated carbocycles. The summed E-state index contributed by atoms with van der Waals surface area (Å²) in [6.07, 6.45) is 0. The SMILES string of the molecule is CCOC(=O)c1ccc(C(=O)OCC)c(OCC)c1C. The first-order valence-corrected chi connectivity index (χ1v) is 6.67. The summed E-state index contributed by atoms with van der Waals surface area (Å²) in [7, 11) is 0. The van der Waals surface area contributed by atoms with Crippen LogP contribution in [0.1, 0.15) is 47.1 Å². The lowest BCUT2D eigenvalue weighted by Gasteiger charge is -2.15. The fourth-order valence-electron chi connectivity index (χ4n) is 1.82. The Kier molecular flexibility index (Phi) is 6.03. The number of esters is 2. The zero-order valence-electron chi connectivity index (χ0n) is 12.3. The largest absolute Gasteiger partial charge is 0.493 e. The van der Waals surface area contributed by atoms with Crippen LogP contribution in [0.2, 0.25) is 0 Å². The summed E-state index contributed by atoms with van der Waals surface area (Å²) in [6, 6.07) is 3.09. The third-order valence-corrected chi connectivity index (χ3v) is 2.69. The van der Waals surface area contributed by atoms with Gasteiger partial charge < -0.3 is 14.2 Å². The summed E-state index contributed by atoms with van der Waals surface area (Å²) in [5.74, 6) is -0.521. The van der Waals surface area contributed by atoms with Crippen molar-refractivity contribution in [3.05, 3.63) is 28.8 Å². The molecule has 1 aromatic carbocycles. The van der Waals surface area contributed by atoms with Gasteiger partial charge in [0.2, 0.25) is 0 Å². The van der Waals surface area contributed by atoms with Crippen LogP contribution in [0.3, 0.4) is 0 Å². The number of rotatable bonds is 6. The lowest BCUT2D eigenvalue weighted by atomic mass is 10.0. The Balaban J connectivity index is 3.26. The Morgan fingerprint density at radius 3 is 1.90 bits per heavy atom. The van der Waals surface area contributed by atoms with Gasteiger partial charge in [0.15, 0.2) is 0 Å². The molecule has 0 amide bonds. The number of carbonyl (C=O) groups is 2. The standard InChI is InChI=1S/C15H20O5/c1-5-18-13-10(4)11(14(16)19-6-2)8-9-12(13)15(17)20-7-3/h8-9H,5-7H2,1-4H3. The Labute approximate surface area is 118 Å². The molecule has 5 heteroatoms. The van der Waals surface area contributed by atoms with Crippen LogP contribution in [-0.2, 0) is 9.47 Å². The summed E-state index contributed by atoms with van der Waals surface area (Å²) >= 11 is 0. The molecule has 0 aliphatic carbocycles. The second-order valence-electron chi connectivity index (χ2n) is 3.99. The van der Waals surface area contributed by atoms with Gasteiger partial charge in [-0.25, -0.2) is 9.59 Å². The van der Waals surface area contributed by atoms with E-state index < -0.39 is 11.9 Å². The molecule has 20 heavy (non-hydrogen) atoms. The maximum Gasteiger partial charge on any atom is 0.341 e. The molecule has 0 saturated heterocycles. The minimum Gasteiger partial charge on any atom is -0.493 e. The third-order valence-electron chi connectivity index (χ3n) is 2.69. The molecular formula is C15H20O5. The highest BCUT2D eigenvalue weighted by Gasteiger charge is 2.21. The van der Waals surface area contributed by atoms with Crippen molar-refractivity contribution in [1.29, 1.82) is 0 Å². The molecule has 1 aromatic rings. The van der Waals surface area contributed by atoms with Crippen molar-refractivity contribution in [3.8, 4) is 5.75 Å². The van der Waals surface area contributed by atoms with Crippen LogP contribution >= 0.6 is 0 Å². The number of benzene rings is 1. The van der Waals surface area contributed by atoms with Gasteiger partial charge in [-0.05, 0) is 39.8 Å². The highest BCUT2D eigenvalue weighted by atomic mass is 16.5. The fraction of sp³-hybridized carbons (Fsp3) is 0.467. The van der Waals surface area contributed by atoms with E-state index >= 15 is 0 Å². The van der Waals surface area contributed by atoms with Crippen LogP contribution in [0.15, 0.2) is 12.1 Å². The summed E-state index contributed by atoms with van der Waals surface area (Å²) in [4.78, 5) is 23.7. The van der Waals surface area contributed by atoms with Crippen molar-refractivity contribution in [3.63, 3.8) is 0 Å². The molecule has 0 heterocycles. The highest BCUT2D eigenvalue weighted by Crippen LogP contribution is 2.28. The van der Waals surface area contributed by atoms with E-state index in [1.165, 1.54) is 6.07 Å². The maximum absolute atomic E-state index is 11.9. The topological polar surface area (TPSA) is 61.8 Å². The molecule has 0 unspecified atom stereocenters. The van der Waals surface area contributed by atoms with E-state index in [0.717, 1.165) is 0 Å².